The summed E-state index contributed by atoms with van der Waals surface area (Å²) in [5.74, 6) is -0.243. The van der Waals surface area contributed by atoms with Crippen LogP contribution in [0, 0.1) is 6.92 Å². The van der Waals surface area contributed by atoms with E-state index in [0.717, 1.165) is 38.4 Å². The number of carbonyl (C=O) groups excluding carboxylic acids is 2. The second kappa shape index (κ2) is 9.43. The molecule has 7 nitrogen and oxygen atoms in total. The van der Waals surface area contributed by atoms with Crippen molar-refractivity contribution in [3.63, 3.8) is 0 Å². The molecule has 1 aromatic heterocycles. The third kappa shape index (κ3) is 5.61. The molecule has 1 saturated heterocycles. The minimum Gasteiger partial charge on any atom is -0.325 e. The van der Waals surface area contributed by atoms with E-state index in [-0.39, 0.29) is 11.8 Å². The molecule has 1 aromatic carbocycles. The van der Waals surface area contributed by atoms with Gasteiger partial charge in [-0.3, -0.25) is 24.4 Å². The molecule has 0 saturated carbocycles. The van der Waals surface area contributed by atoms with Gasteiger partial charge >= 0.3 is 0 Å². The van der Waals surface area contributed by atoms with E-state index in [1.165, 1.54) is 12.5 Å². The smallest absolute Gasteiger partial charge is 0.238 e. The largest absolute Gasteiger partial charge is 0.325 e. The molecule has 2 N–H and O–H groups in total. The number of hydrogen-bond donors (Lipinski definition) is 2. The van der Waals surface area contributed by atoms with Crippen LogP contribution in [-0.4, -0.2) is 59.3 Å². The van der Waals surface area contributed by atoms with Crippen LogP contribution >= 0.6 is 0 Å². The number of piperazine rings is 1. The van der Waals surface area contributed by atoms with Gasteiger partial charge in [0.2, 0.25) is 11.8 Å². The number of aromatic nitrogens is 1. The number of carbonyl (C=O) groups is 2. The fourth-order valence-electron chi connectivity index (χ4n) is 3.28. The van der Waals surface area contributed by atoms with Gasteiger partial charge in [0.25, 0.3) is 0 Å². The number of para-hydroxylation sites is 2. The van der Waals surface area contributed by atoms with Gasteiger partial charge in [0.05, 0.1) is 23.6 Å². The van der Waals surface area contributed by atoms with Crippen LogP contribution in [0.25, 0.3) is 0 Å². The second-order valence-electron chi connectivity index (χ2n) is 7.09. The average molecular weight is 381 g/mol. The highest BCUT2D eigenvalue weighted by molar-refractivity contribution is 5.99. The summed E-state index contributed by atoms with van der Waals surface area (Å²) in [6, 6.07) is 11.3. The summed E-state index contributed by atoms with van der Waals surface area (Å²) in [7, 11) is 0. The van der Waals surface area contributed by atoms with E-state index in [1.54, 1.807) is 12.1 Å². The number of nitrogens with zero attached hydrogens (tertiary/aromatic N) is 3. The van der Waals surface area contributed by atoms with Crippen molar-refractivity contribution in [3.05, 3.63) is 53.9 Å². The van der Waals surface area contributed by atoms with E-state index in [0.29, 0.717) is 17.9 Å². The van der Waals surface area contributed by atoms with E-state index in [4.69, 9.17) is 0 Å². The SMILES string of the molecule is CC(=O)Nc1ccccc1NC(=O)CN1CCN(Cc2ncccc2C)CC1. The lowest BCUT2D eigenvalue weighted by Crippen LogP contribution is -2.48. The minimum atomic E-state index is -0.166. The molecule has 7 heteroatoms. The second-order valence-corrected chi connectivity index (χ2v) is 7.09. The van der Waals surface area contributed by atoms with Crippen molar-refractivity contribution in [2.75, 3.05) is 43.4 Å². The molecule has 0 spiro atoms. The van der Waals surface area contributed by atoms with Crippen LogP contribution in [0.5, 0.6) is 0 Å². The van der Waals surface area contributed by atoms with Gasteiger partial charge < -0.3 is 10.6 Å². The fourth-order valence-corrected chi connectivity index (χ4v) is 3.28. The van der Waals surface area contributed by atoms with Crippen LogP contribution in [0.15, 0.2) is 42.6 Å². The number of hydrogen-bond acceptors (Lipinski definition) is 5. The molecule has 2 aromatic rings. The van der Waals surface area contributed by atoms with Crippen molar-refractivity contribution < 1.29 is 9.59 Å². The van der Waals surface area contributed by atoms with Crippen LogP contribution in [0.1, 0.15) is 18.2 Å². The molecular weight excluding hydrogens is 354 g/mol. The molecule has 148 valence electrons. The lowest BCUT2D eigenvalue weighted by atomic mass is 10.2. The highest BCUT2D eigenvalue weighted by Gasteiger charge is 2.20. The molecule has 0 radical (unpaired) electrons. The van der Waals surface area contributed by atoms with E-state index < -0.39 is 0 Å². The first kappa shape index (κ1) is 20.0. The quantitative estimate of drug-likeness (QED) is 0.801. The van der Waals surface area contributed by atoms with Crippen molar-refractivity contribution in [3.8, 4) is 0 Å². The Kier molecular flexibility index (Phi) is 6.73. The Morgan fingerprint density at radius 2 is 1.61 bits per heavy atom. The lowest BCUT2D eigenvalue weighted by Gasteiger charge is -2.34. The van der Waals surface area contributed by atoms with E-state index in [9.17, 15) is 9.59 Å². The number of nitrogens with one attached hydrogen (secondary N) is 2. The van der Waals surface area contributed by atoms with Gasteiger partial charge in [0.15, 0.2) is 0 Å². The Balaban J connectivity index is 1.48. The van der Waals surface area contributed by atoms with Crippen LogP contribution < -0.4 is 10.6 Å². The number of rotatable bonds is 6. The number of aryl methyl sites for hydroxylation is 1. The molecule has 1 aliphatic heterocycles. The molecule has 0 unspecified atom stereocenters. The van der Waals surface area contributed by atoms with Crippen molar-refractivity contribution >= 4 is 23.2 Å². The van der Waals surface area contributed by atoms with E-state index in [1.807, 2.05) is 24.4 Å². The Bertz CT molecular complexity index is 831. The summed E-state index contributed by atoms with van der Waals surface area (Å²) in [4.78, 5) is 32.7. The Hall–Kier alpha value is -2.77. The summed E-state index contributed by atoms with van der Waals surface area (Å²) >= 11 is 0. The minimum absolute atomic E-state index is 0.0770. The first-order valence-electron chi connectivity index (χ1n) is 9.53. The Morgan fingerprint density at radius 3 is 2.25 bits per heavy atom. The van der Waals surface area contributed by atoms with Gasteiger partial charge in [-0.2, -0.15) is 0 Å². The average Bonchev–Trinajstić information content (AvgIpc) is 2.66. The number of anilines is 2. The van der Waals surface area contributed by atoms with Crippen molar-refractivity contribution in [2.45, 2.75) is 20.4 Å². The Labute approximate surface area is 165 Å². The lowest BCUT2D eigenvalue weighted by molar-refractivity contribution is -0.118. The van der Waals surface area contributed by atoms with Crippen molar-refractivity contribution in [2.24, 2.45) is 0 Å². The van der Waals surface area contributed by atoms with Gasteiger partial charge in [-0.05, 0) is 30.7 Å². The molecule has 0 bridgehead atoms. The van der Waals surface area contributed by atoms with Crippen LogP contribution in [0.2, 0.25) is 0 Å². The Morgan fingerprint density at radius 1 is 0.964 bits per heavy atom. The standard InChI is InChI=1S/C21H27N5O2/c1-16-6-5-9-22-20(16)14-25-10-12-26(13-11-25)15-21(28)24-19-8-4-3-7-18(19)23-17(2)27/h3-9H,10-15H2,1-2H3,(H,23,27)(H,24,28). The molecule has 28 heavy (non-hydrogen) atoms. The highest BCUT2D eigenvalue weighted by Crippen LogP contribution is 2.21. The molecule has 3 rings (SSSR count). The van der Waals surface area contributed by atoms with E-state index >= 15 is 0 Å². The summed E-state index contributed by atoms with van der Waals surface area (Å²) in [5.41, 5.74) is 3.55. The third-order valence-electron chi connectivity index (χ3n) is 4.84. The fraction of sp³-hybridized carbons (Fsp3) is 0.381. The van der Waals surface area contributed by atoms with Gasteiger partial charge in [-0.15, -0.1) is 0 Å². The van der Waals surface area contributed by atoms with Gasteiger partial charge in [0, 0.05) is 45.8 Å². The first-order valence-corrected chi connectivity index (χ1v) is 9.53. The van der Waals surface area contributed by atoms with Crippen molar-refractivity contribution in [1.82, 2.24) is 14.8 Å². The van der Waals surface area contributed by atoms with Crippen LogP contribution in [0.4, 0.5) is 11.4 Å². The summed E-state index contributed by atoms with van der Waals surface area (Å²) in [6.45, 7) is 8.21. The summed E-state index contributed by atoms with van der Waals surface area (Å²) in [5, 5.41) is 5.64. The molecule has 2 amide bonds. The molecule has 2 heterocycles. The molecule has 1 aliphatic rings. The maximum Gasteiger partial charge on any atom is 0.238 e. The zero-order valence-corrected chi connectivity index (χ0v) is 16.4. The third-order valence-corrected chi connectivity index (χ3v) is 4.84. The van der Waals surface area contributed by atoms with Gasteiger partial charge in [-0.1, -0.05) is 18.2 Å². The van der Waals surface area contributed by atoms with Crippen LogP contribution in [-0.2, 0) is 16.1 Å². The molecule has 0 aliphatic carbocycles. The van der Waals surface area contributed by atoms with Crippen molar-refractivity contribution in [1.29, 1.82) is 0 Å². The first-order chi connectivity index (χ1) is 13.5. The monoisotopic (exact) mass is 381 g/mol. The maximum absolute atomic E-state index is 12.4. The topological polar surface area (TPSA) is 77.6 Å². The summed E-state index contributed by atoms with van der Waals surface area (Å²) in [6.07, 6.45) is 1.84. The van der Waals surface area contributed by atoms with Gasteiger partial charge in [-0.25, -0.2) is 0 Å². The number of benzene rings is 1. The van der Waals surface area contributed by atoms with E-state index in [2.05, 4.69) is 38.4 Å². The summed E-state index contributed by atoms with van der Waals surface area (Å²) < 4.78 is 0. The van der Waals surface area contributed by atoms with Crippen LogP contribution in [0.3, 0.4) is 0 Å². The van der Waals surface area contributed by atoms with Gasteiger partial charge in [0.1, 0.15) is 0 Å². The predicted molar refractivity (Wildman–Crippen MR) is 110 cm³/mol. The molecule has 1 fully saturated rings. The zero-order valence-electron chi connectivity index (χ0n) is 16.4. The number of pyridine rings is 1. The highest BCUT2D eigenvalue weighted by atomic mass is 16.2. The maximum atomic E-state index is 12.4. The number of amides is 2. The molecular formula is C21H27N5O2. The normalized spacial score (nSPS) is 15.2. The predicted octanol–water partition coefficient (Wildman–Crippen LogP) is 2.10. The zero-order chi connectivity index (χ0) is 19.9. The molecule has 0 atom stereocenters.